The average molecular weight is 398 g/mol. The molecule has 1 aromatic heterocycles. The van der Waals surface area contributed by atoms with Crippen LogP contribution in [-0.4, -0.2) is 65.1 Å². The monoisotopic (exact) mass is 397 g/mol. The first-order valence-electron chi connectivity index (χ1n) is 9.60. The number of piperazine rings is 1. The van der Waals surface area contributed by atoms with Crippen molar-refractivity contribution in [3.8, 4) is 0 Å². The lowest BCUT2D eigenvalue weighted by Gasteiger charge is -2.34. The van der Waals surface area contributed by atoms with Crippen molar-refractivity contribution in [1.29, 1.82) is 0 Å². The lowest BCUT2D eigenvalue weighted by atomic mass is 10.1. The van der Waals surface area contributed by atoms with Crippen LogP contribution in [0.1, 0.15) is 38.4 Å². The van der Waals surface area contributed by atoms with Gasteiger partial charge in [-0.15, -0.1) is 11.3 Å². The van der Waals surface area contributed by atoms with Gasteiger partial charge in [0.05, 0.1) is 4.88 Å². The molecule has 0 N–H and O–H groups in total. The summed E-state index contributed by atoms with van der Waals surface area (Å²) in [6.45, 7) is 3.50. The van der Waals surface area contributed by atoms with Gasteiger partial charge in [-0.1, -0.05) is 18.2 Å². The Morgan fingerprint density at radius 2 is 1.68 bits per heavy atom. The second-order valence-electron chi connectivity index (χ2n) is 7.18. The number of rotatable bonds is 4. The first-order valence-corrected chi connectivity index (χ1v) is 10.5. The highest BCUT2D eigenvalue weighted by atomic mass is 32.1. The number of thiophene rings is 1. The summed E-state index contributed by atoms with van der Waals surface area (Å²) >= 11 is 1.44. The molecule has 0 saturated carbocycles. The molecule has 146 valence electrons. The van der Waals surface area contributed by atoms with Gasteiger partial charge in [-0.25, -0.2) is 0 Å². The minimum absolute atomic E-state index is 0.0159. The van der Waals surface area contributed by atoms with Crippen molar-refractivity contribution in [2.24, 2.45) is 0 Å². The predicted molar refractivity (Wildman–Crippen MR) is 107 cm³/mol. The Morgan fingerprint density at radius 3 is 2.32 bits per heavy atom. The van der Waals surface area contributed by atoms with Gasteiger partial charge in [0.2, 0.25) is 5.91 Å². The molecule has 3 amide bonds. The van der Waals surface area contributed by atoms with Crippen molar-refractivity contribution in [3.63, 3.8) is 0 Å². The lowest BCUT2D eigenvalue weighted by molar-refractivity contribution is -0.128. The number of hydrogen-bond donors (Lipinski definition) is 0. The lowest BCUT2D eigenvalue weighted by Crippen LogP contribution is -2.50. The van der Waals surface area contributed by atoms with Gasteiger partial charge in [0.25, 0.3) is 11.8 Å². The molecule has 0 unspecified atom stereocenters. The van der Waals surface area contributed by atoms with Crippen LogP contribution < -0.4 is 0 Å². The smallest absolute Gasteiger partial charge is 0.264 e. The molecule has 28 heavy (non-hydrogen) atoms. The first-order chi connectivity index (χ1) is 13.6. The van der Waals surface area contributed by atoms with Crippen LogP contribution in [0.4, 0.5) is 0 Å². The molecule has 2 saturated heterocycles. The molecule has 4 rings (SSSR count). The van der Waals surface area contributed by atoms with Crippen molar-refractivity contribution in [1.82, 2.24) is 14.7 Å². The van der Waals surface area contributed by atoms with Crippen molar-refractivity contribution in [2.45, 2.75) is 19.4 Å². The molecular weight excluding hydrogens is 374 g/mol. The van der Waals surface area contributed by atoms with Crippen LogP contribution >= 0.6 is 11.3 Å². The van der Waals surface area contributed by atoms with Gasteiger partial charge in [0.15, 0.2) is 0 Å². The molecule has 2 aromatic rings. The third-order valence-corrected chi connectivity index (χ3v) is 6.16. The third kappa shape index (κ3) is 3.94. The summed E-state index contributed by atoms with van der Waals surface area (Å²) in [5.41, 5.74) is 1.62. The maximum Gasteiger partial charge on any atom is 0.264 e. The molecule has 0 aliphatic carbocycles. The topological polar surface area (TPSA) is 60.9 Å². The number of amides is 3. The molecule has 2 fully saturated rings. The van der Waals surface area contributed by atoms with Crippen LogP contribution in [0, 0.1) is 0 Å². The van der Waals surface area contributed by atoms with Crippen LogP contribution in [0.25, 0.3) is 0 Å². The molecule has 0 bridgehead atoms. The minimum atomic E-state index is -0.0159. The van der Waals surface area contributed by atoms with E-state index in [-0.39, 0.29) is 17.7 Å². The molecule has 0 radical (unpaired) electrons. The highest BCUT2D eigenvalue weighted by Gasteiger charge is 2.26. The van der Waals surface area contributed by atoms with Crippen molar-refractivity contribution in [2.75, 3.05) is 32.7 Å². The Bertz CT molecular complexity index is 873. The molecule has 6 nitrogen and oxygen atoms in total. The summed E-state index contributed by atoms with van der Waals surface area (Å²) in [6.07, 6.45) is 1.53. The summed E-state index contributed by atoms with van der Waals surface area (Å²) in [6, 6.07) is 11.2. The highest BCUT2D eigenvalue weighted by molar-refractivity contribution is 7.12. The number of carbonyl (C=O) groups excluding carboxylic acids is 3. The molecule has 7 heteroatoms. The van der Waals surface area contributed by atoms with Gasteiger partial charge in [-0.2, -0.15) is 0 Å². The van der Waals surface area contributed by atoms with E-state index in [0.717, 1.165) is 23.4 Å². The van der Waals surface area contributed by atoms with E-state index in [4.69, 9.17) is 0 Å². The molecule has 2 aliphatic heterocycles. The fraction of sp³-hybridized carbons (Fsp3) is 0.381. The van der Waals surface area contributed by atoms with Crippen molar-refractivity contribution in [3.05, 3.63) is 57.8 Å². The molecule has 2 aliphatic rings. The van der Waals surface area contributed by atoms with Crippen LogP contribution in [0.15, 0.2) is 41.8 Å². The second kappa shape index (κ2) is 8.14. The average Bonchev–Trinajstić information content (AvgIpc) is 3.40. The van der Waals surface area contributed by atoms with E-state index in [1.165, 1.54) is 11.3 Å². The molecular formula is C21H23N3O3S. The molecule has 0 atom stereocenters. The van der Waals surface area contributed by atoms with Gasteiger partial charge >= 0.3 is 0 Å². The SMILES string of the molecule is O=C1CCCN1Cc1cccc(C(=O)N2CCN(C(=O)c3cccs3)CC2)c1. The van der Waals surface area contributed by atoms with E-state index >= 15 is 0 Å². The highest BCUT2D eigenvalue weighted by Crippen LogP contribution is 2.18. The Balaban J connectivity index is 1.37. The molecule has 1 aromatic carbocycles. The predicted octanol–water partition coefficient (Wildman–Crippen LogP) is 2.47. The van der Waals surface area contributed by atoms with Gasteiger partial charge in [0.1, 0.15) is 0 Å². The number of carbonyl (C=O) groups is 3. The number of nitrogens with zero attached hydrogens (tertiary/aromatic N) is 3. The van der Waals surface area contributed by atoms with Crippen LogP contribution in [0.3, 0.4) is 0 Å². The Morgan fingerprint density at radius 1 is 0.929 bits per heavy atom. The summed E-state index contributed by atoms with van der Waals surface area (Å²) in [7, 11) is 0. The first kappa shape index (κ1) is 18.7. The van der Waals surface area contributed by atoms with E-state index in [0.29, 0.717) is 44.7 Å². The minimum Gasteiger partial charge on any atom is -0.338 e. The summed E-state index contributed by atoms with van der Waals surface area (Å²) in [4.78, 5) is 43.4. The maximum absolute atomic E-state index is 12.9. The van der Waals surface area contributed by atoms with E-state index in [1.54, 1.807) is 4.90 Å². The Hall–Kier alpha value is -2.67. The van der Waals surface area contributed by atoms with Crippen LogP contribution in [-0.2, 0) is 11.3 Å². The fourth-order valence-corrected chi connectivity index (χ4v) is 4.44. The zero-order valence-corrected chi connectivity index (χ0v) is 16.5. The second-order valence-corrected chi connectivity index (χ2v) is 8.13. The fourth-order valence-electron chi connectivity index (χ4n) is 3.75. The number of hydrogen-bond acceptors (Lipinski definition) is 4. The van der Waals surface area contributed by atoms with Gasteiger partial charge in [-0.3, -0.25) is 14.4 Å². The zero-order chi connectivity index (χ0) is 19.5. The van der Waals surface area contributed by atoms with Crippen molar-refractivity contribution < 1.29 is 14.4 Å². The number of likely N-dealkylation sites (tertiary alicyclic amines) is 1. The van der Waals surface area contributed by atoms with Crippen LogP contribution in [0.5, 0.6) is 0 Å². The van der Waals surface area contributed by atoms with E-state index < -0.39 is 0 Å². The molecule has 3 heterocycles. The number of benzene rings is 1. The summed E-state index contributed by atoms with van der Waals surface area (Å²) < 4.78 is 0. The van der Waals surface area contributed by atoms with Crippen molar-refractivity contribution >= 4 is 29.1 Å². The maximum atomic E-state index is 12.9. The summed E-state index contributed by atoms with van der Waals surface area (Å²) in [5.74, 6) is 0.209. The Labute approximate surface area is 168 Å². The molecule has 0 spiro atoms. The Kier molecular flexibility index (Phi) is 5.43. The standard InChI is InChI=1S/C21H23N3O3S/c25-19-7-2-8-24(19)15-16-4-1-5-17(14-16)20(26)22-9-11-23(12-10-22)21(27)18-6-3-13-28-18/h1,3-6,13-14H,2,7-12,15H2. The largest absolute Gasteiger partial charge is 0.338 e. The summed E-state index contributed by atoms with van der Waals surface area (Å²) in [5, 5.41) is 1.90. The van der Waals surface area contributed by atoms with Gasteiger partial charge in [-0.05, 0) is 35.6 Å². The zero-order valence-electron chi connectivity index (χ0n) is 15.7. The van der Waals surface area contributed by atoms with Crippen LogP contribution in [0.2, 0.25) is 0 Å². The normalized spacial score (nSPS) is 17.3. The third-order valence-electron chi connectivity index (χ3n) is 5.30. The quantitative estimate of drug-likeness (QED) is 0.796. The van der Waals surface area contributed by atoms with E-state index in [9.17, 15) is 14.4 Å². The van der Waals surface area contributed by atoms with Gasteiger partial charge in [0, 0.05) is 51.3 Å². The van der Waals surface area contributed by atoms with Gasteiger partial charge < -0.3 is 14.7 Å². The van der Waals surface area contributed by atoms with E-state index in [2.05, 4.69) is 0 Å². The van der Waals surface area contributed by atoms with E-state index in [1.807, 2.05) is 51.6 Å².